The minimum Gasteiger partial charge on any atom is -0.508 e. The number of aliphatic carboxylic acids is 1. The molecule has 2 rings (SSSR count). The monoisotopic (exact) mass is 326 g/mol. The maximum absolute atomic E-state index is 11.5. The fourth-order valence-electron chi connectivity index (χ4n) is 2.06. The molecule has 0 fully saturated rings. The zero-order valence-electron chi connectivity index (χ0n) is 10.8. The summed E-state index contributed by atoms with van der Waals surface area (Å²) >= 11 is 11.9. The van der Waals surface area contributed by atoms with Crippen molar-refractivity contribution in [2.24, 2.45) is 0 Å². The van der Waals surface area contributed by atoms with Crippen LogP contribution in [0.2, 0.25) is 10.0 Å². The number of carboxylic acids is 1. The van der Waals surface area contributed by atoms with Gasteiger partial charge in [0.1, 0.15) is 11.5 Å². The number of aromatic hydroxyl groups is 2. The average Bonchev–Trinajstić information content (AvgIpc) is 2.41. The van der Waals surface area contributed by atoms with Crippen molar-refractivity contribution in [3.63, 3.8) is 0 Å². The molecular formula is C15H12Cl2O4. The maximum Gasteiger partial charge on any atom is 0.311 e. The Morgan fingerprint density at radius 3 is 2.43 bits per heavy atom. The number of hydrogen-bond acceptors (Lipinski definition) is 3. The highest BCUT2D eigenvalue weighted by atomic mass is 35.5. The Hall–Kier alpha value is -1.91. The van der Waals surface area contributed by atoms with E-state index in [1.807, 2.05) is 0 Å². The van der Waals surface area contributed by atoms with E-state index in [1.54, 1.807) is 6.07 Å². The van der Waals surface area contributed by atoms with E-state index in [0.29, 0.717) is 21.2 Å². The van der Waals surface area contributed by atoms with Crippen molar-refractivity contribution in [1.82, 2.24) is 0 Å². The largest absolute Gasteiger partial charge is 0.508 e. The third kappa shape index (κ3) is 3.60. The lowest BCUT2D eigenvalue weighted by Crippen LogP contribution is -2.15. The van der Waals surface area contributed by atoms with Gasteiger partial charge in [-0.05, 0) is 41.8 Å². The van der Waals surface area contributed by atoms with E-state index in [2.05, 4.69) is 0 Å². The van der Waals surface area contributed by atoms with Gasteiger partial charge in [-0.3, -0.25) is 4.79 Å². The topological polar surface area (TPSA) is 77.8 Å². The van der Waals surface area contributed by atoms with Crippen molar-refractivity contribution in [3.8, 4) is 11.5 Å². The summed E-state index contributed by atoms with van der Waals surface area (Å²) in [5, 5.41) is 29.1. The van der Waals surface area contributed by atoms with Crippen molar-refractivity contribution in [2.75, 3.05) is 0 Å². The second kappa shape index (κ2) is 6.24. The van der Waals surface area contributed by atoms with Crippen molar-refractivity contribution < 1.29 is 20.1 Å². The zero-order valence-corrected chi connectivity index (χ0v) is 12.3. The predicted molar refractivity (Wildman–Crippen MR) is 80.3 cm³/mol. The maximum atomic E-state index is 11.5. The Bertz CT molecular complexity index is 685. The van der Waals surface area contributed by atoms with Gasteiger partial charge in [0.25, 0.3) is 0 Å². The second-order valence-electron chi connectivity index (χ2n) is 4.57. The second-order valence-corrected chi connectivity index (χ2v) is 5.42. The summed E-state index contributed by atoms with van der Waals surface area (Å²) in [6, 6.07) is 8.62. The Labute approximate surface area is 131 Å². The third-order valence-electron chi connectivity index (χ3n) is 3.12. The van der Waals surface area contributed by atoms with Gasteiger partial charge in [0.15, 0.2) is 0 Å². The first-order valence-electron chi connectivity index (χ1n) is 6.07. The van der Waals surface area contributed by atoms with Crippen LogP contribution in [0.15, 0.2) is 36.4 Å². The summed E-state index contributed by atoms with van der Waals surface area (Å²) in [5.41, 5.74) is 0.778. The molecule has 0 saturated carbocycles. The molecule has 0 bridgehead atoms. The molecule has 3 N–H and O–H groups in total. The van der Waals surface area contributed by atoms with Gasteiger partial charge in [0.05, 0.1) is 5.92 Å². The first-order valence-corrected chi connectivity index (χ1v) is 6.82. The van der Waals surface area contributed by atoms with Crippen LogP contribution in [-0.2, 0) is 11.2 Å². The molecule has 0 spiro atoms. The summed E-state index contributed by atoms with van der Waals surface area (Å²) in [6.07, 6.45) is 0.0293. The number of hydrogen-bond donors (Lipinski definition) is 3. The van der Waals surface area contributed by atoms with Crippen LogP contribution in [-0.4, -0.2) is 21.3 Å². The Morgan fingerprint density at radius 2 is 1.81 bits per heavy atom. The number of phenolic OH excluding ortho intramolecular Hbond substituents is 2. The van der Waals surface area contributed by atoms with Crippen LogP contribution in [0.1, 0.15) is 17.0 Å². The summed E-state index contributed by atoms with van der Waals surface area (Å²) in [4.78, 5) is 11.5. The molecule has 2 aromatic carbocycles. The number of phenols is 2. The van der Waals surface area contributed by atoms with Crippen LogP contribution >= 0.6 is 23.2 Å². The van der Waals surface area contributed by atoms with Gasteiger partial charge < -0.3 is 15.3 Å². The molecule has 6 heteroatoms. The van der Waals surface area contributed by atoms with Gasteiger partial charge in [-0.1, -0.05) is 29.3 Å². The number of halogens is 2. The lowest BCUT2D eigenvalue weighted by molar-refractivity contribution is -0.138. The Morgan fingerprint density at radius 1 is 1.10 bits per heavy atom. The van der Waals surface area contributed by atoms with Crippen molar-refractivity contribution in [1.29, 1.82) is 0 Å². The highest BCUT2D eigenvalue weighted by Crippen LogP contribution is 2.33. The first kappa shape index (κ1) is 15.5. The van der Waals surface area contributed by atoms with Crippen molar-refractivity contribution >= 4 is 29.2 Å². The first-order chi connectivity index (χ1) is 9.88. The van der Waals surface area contributed by atoms with Crippen LogP contribution < -0.4 is 0 Å². The molecule has 2 aromatic rings. The Kier molecular flexibility index (Phi) is 4.60. The minimum atomic E-state index is -1.08. The molecule has 110 valence electrons. The van der Waals surface area contributed by atoms with Crippen LogP contribution in [0, 0.1) is 0 Å². The van der Waals surface area contributed by atoms with Gasteiger partial charge in [0.2, 0.25) is 0 Å². The highest BCUT2D eigenvalue weighted by Gasteiger charge is 2.24. The molecule has 0 radical (unpaired) electrons. The number of carbonyl (C=O) groups is 1. The molecule has 4 nitrogen and oxygen atoms in total. The van der Waals surface area contributed by atoms with E-state index in [0.717, 1.165) is 6.07 Å². The fourth-order valence-corrected chi connectivity index (χ4v) is 2.49. The normalized spacial score (nSPS) is 12.1. The molecule has 0 saturated heterocycles. The molecule has 0 aliphatic carbocycles. The van der Waals surface area contributed by atoms with Crippen molar-refractivity contribution in [3.05, 3.63) is 57.6 Å². The molecule has 1 unspecified atom stereocenters. The van der Waals surface area contributed by atoms with E-state index in [4.69, 9.17) is 23.2 Å². The molecule has 21 heavy (non-hydrogen) atoms. The summed E-state index contributed by atoms with van der Waals surface area (Å²) < 4.78 is 0. The van der Waals surface area contributed by atoms with E-state index >= 15 is 0 Å². The van der Waals surface area contributed by atoms with Crippen LogP contribution in [0.4, 0.5) is 0 Å². The molecule has 0 amide bonds. The minimum absolute atomic E-state index is 0.0293. The summed E-state index contributed by atoms with van der Waals surface area (Å²) in [5.74, 6) is -2.29. The molecular weight excluding hydrogens is 315 g/mol. The lowest BCUT2D eigenvalue weighted by atomic mass is 9.91. The van der Waals surface area contributed by atoms with Crippen LogP contribution in [0.3, 0.4) is 0 Å². The van der Waals surface area contributed by atoms with Gasteiger partial charge in [-0.2, -0.15) is 0 Å². The predicted octanol–water partition coefficient (Wildman–Crippen LogP) is 3.82. The van der Waals surface area contributed by atoms with Crippen LogP contribution in [0.25, 0.3) is 0 Å². The van der Waals surface area contributed by atoms with Gasteiger partial charge in [-0.25, -0.2) is 0 Å². The van der Waals surface area contributed by atoms with E-state index in [9.17, 15) is 20.1 Å². The molecule has 0 aliphatic heterocycles. The third-order valence-corrected chi connectivity index (χ3v) is 3.70. The summed E-state index contributed by atoms with van der Waals surface area (Å²) in [6.45, 7) is 0. The number of benzene rings is 2. The molecule has 1 atom stereocenters. The lowest BCUT2D eigenvalue weighted by Gasteiger charge is -2.15. The quantitative estimate of drug-likeness (QED) is 0.798. The summed E-state index contributed by atoms with van der Waals surface area (Å²) in [7, 11) is 0. The molecule has 0 aromatic heterocycles. The number of rotatable bonds is 4. The van der Waals surface area contributed by atoms with E-state index < -0.39 is 11.9 Å². The fraction of sp³-hybridized carbons (Fsp3) is 0.133. The van der Waals surface area contributed by atoms with Gasteiger partial charge >= 0.3 is 5.97 Å². The van der Waals surface area contributed by atoms with Crippen molar-refractivity contribution in [2.45, 2.75) is 12.3 Å². The zero-order chi connectivity index (χ0) is 15.6. The molecule has 0 aliphatic rings. The van der Waals surface area contributed by atoms with E-state index in [1.165, 1.54) is 24.3 Å². The smallest absolute Gasteiger partial charge is 0.311 e. The van der Waals surface area contributed by atoms with Gasteiger partial charge in [-0.15, -0.1) is 0 Å². The SMILES string of the molecule is O=C(O)C(Cc1ccc(O)cc1O)c1cc(Cl)ccc1Cl. The standard InChI is InChI=1S/C15H12Cl2O4/c16-9-2-4-13(17)11(6-9)12(15(20)21)5-8-1-3-10(18)7-14(8)19/h1-4,6-7,12,18-19H,5H2,(H,20,21). The van der Waals surface area contributed by atoms with Gasteiger partial charge in [0, 0.05) is 16.1 Å². The Balaban J connectivity index is 2.40. The highest BCUT2D eigenvalue weighted by molar-refractivity contribution is 6.33. The average molecular weight is 327 g/mol. The van der Waals surface area contributed by atoms with E-state index in [-0.39, 0.29) is 17.9 Å². The molecule has 0 heterocycles. The number of carboxylic acid groups (broad SMARTS) is 1. The van der Waals surface area contributed by atoms with Crippen LogP contribution in [0.5, 0.6) is 11.5 Å².